The van der Waals surface area contributed by atoms with Crippen LogP contribution in [-0.2, 0) is 4.74 Å². The molecular formula is C15H23NOS. The molecule has 0 spiro atoms. The van der Waals surface area contributed by atoms with Crippen molar-refractivity contribution in [2.45, 2.75) is 37.1 Å². The van der Waals surface area contributed by atoms with Crippen molar-refractivity contribution in [3.05, 3.63) is 29.8 Å². The largest absolute Gasteiger partial charge is 0.381 e. The molecular weight excluding hydrogens is 242 g/mol. The highest BCUT2D eigenvalue weighted by Crippen LogP contribution is 2.25. The number of rotatable bonds is 5. The van der Waals surface area contributed by atoms with Gasteiger partial charge in [-0.05, 0) is 30.0 Å². The van der Waals surface area contributed by atoms with Gasteiger partial charge in [0.1, 0.15) is 0 Å². The number of benzene rings is 1. The van der Waals surface area contributed by atoms with Crippen LogP contribution in [0.25, 0.3) is 0 Å². The van der Waals surface area contributed by atoms with Crippen molar-refractivity contribution in [1.82, 2.24) is 0 Å². The van der Waals surface area contributed by atoms with E-state index >= 15 is 0 Å². The molecule has 1 saturated heterocycles. The van der Waals surface area contributed by atoms with Gasteiger partial charge in [-0.2, -0.15) is 0 Å². The predicted molar refractivity (Wildman–Crippen MR) is 78.2 cm³/mol. The monoisotopic (exact) mass is 265 g/mol. The van der Waals surface area contributed by atoms with Crippen LogP contribution in [0.2, 0.25) is 0 Å². The zero-order valence-electron chi connectivity index (χ0n) is 11.3. The second kappa shape index (κ2) is 6.60. The summed E-state index contributed by atoms with van der Waals surface area (Å²) in [6.07, 6.45) is 1.12. The van der Waals surface area contributed by atoms with E-state index in [2.05, 4.69) is 38.1 Å². The van der Waals surface area contributed by atoms with Crippen molar-refractivity contribution in [2.24, 2.45) is 11.7 Å². The Morgan fingerprint density at radius 1 is 1.33 bits per heavy atom. The van der Waals surface area contributed by atoms with Crippen LogP contribution in [0.4, 0.5) is 0 Å². The second-order valence-corrected chi connectivity index (χ2v) is 6.42. The maximum absolute atomic E-state index is 6.20. The van der Waals surface area contributed by atoms with Gasteiger partial charge in [-0.1, -0.05) is 26.0 Å². The summed E-state index contributed by atoms with van der Waals surface area (Å²) in [5.41, 5.74) is 7.60. The lowest BCUT2D eigenvalue weighted by Gasteiger charge is -2.17. The zero-order chi connectivity index (χ0) is 13.0. The summed E-state index contributed by atoms with van der Waals surface area (Å²) in [5.74, 6) is 2.13. The standard InChI is InChI=1S/C15H23NOS/c1-11(2)12-3-5-14(6-4-12)18-10-15(16)13-7-8-17-9-13/h3-6,11,13,15H,7-10,16H2,1-2H3. The van der Waals surface area contributed by atoms with E-state index in [1.54, 1.807) is 0 Å². The Balaban J connectivity index is 1.82. The van der Waals surface area contributed by atoms with E-state index in [-0.39, 0.29) is 6.04 Å². The first kappa shape index (κ1) is 13.9. The van der Waals surface area contributed by atoms with Crippen molar-refractivity contribution >= 4 is 11.8 Å². The minimum atomic E-state index is 0.252. The van der Waals surface area contributed by atoms with Crippen molar-refractivity contribution in [2.75, 3.05) is 19.0 Å². The highest BCUT2D eigenvalue weighted by atomic mass is 32.2. The predicted octanol–water partition coefficient (Wildman–Crippen LogP) is 3.27. The SMILES string of the molecule is CC(C)c1ccc(SCC(N)C2CCOC2)cc1. The molecule has 2 atom stereocenters. The summed E-state index contributed by atoms with van der Waals surface area (Å²) in [7, 11) is 0. The lowest BCUT2D eigenvalue weighted by Crippen LogP contribution is -2.32. The molecule has 1 aromatic carbocycles. The van der Waals surface area contributed by atoms with Gasteiger partial charge in [0.05, 0.1) is 6.61 Å². The maximum atomic E-state index is 6.20. The van der Waals surface area contributed by atoms with Crippen LogP contribution < -0.4 is 5.73 Å². The highest BCUT2D eigenvalue weighted by Gasteiger charge is 2.22. The van der Waals surface area contributed by atoms with Gasteiger partial charge in [-0.25, -0.2) is 0 Å². The zero-order valence-corrected chi connectivity index (χ0v) is 12.1. The van der Waals surface area contributed by atoms with Crippen LogP contribution in [0.15, 0.2) is 29.2 Å². The Hall–Kier alpha value is -0.510. The lowest BCUT2D eigenvalue weighted by atomic mass is 10.0. The molecule has 2 nitrogen and oxygen atoms in total. The smallest absolute Gasteiger partial charge is 0.0510 e. The number of ether oxygens (including phenoxy) is 1. The highest BCUT2D eigenvalue weighted by molar-refractivity contribution is 7.99. The van der Waals surface area contributed by atoms with E-state index in [4.69, 9.17) is 10.5 Å². The first-order valence-corrected chi connectivity index (χ1v) is 7.71. The molecule has 3 heteroatoms. The third kappa shape index (κ3) is 3.74. The summed E-state index contributed by atoms with van der Waals surface area (Å²) >= 11 is 1.86. The van der Waals surface area contributed by atoms with E-state index in [1.807, 2.05) is 11.8 Å². The van der Waals surface area contributed by atoms with E-state index in [0.717, 1.165) is 25.4 Å². The van der Waals surface area contributed by atoms with Crippen LogP contribution >= 0.6 is 11.8 Å². The first-order valence-electron chi connectivity index (χ1n) is 6.73. The van der Waals surface area contributed by atoms with Gasteiger partial charge in [0, 0.05) is 29.2 Å². The molecule has 18 heavy (non-hydrogen) atoms. The summed E-state index contributed by atoms with van der Waals surface area (Å²) in [4.78, 5) is 1.31. The molecule has 100 valence electrons. The molecule has 2 unspecified atom stereocenters. The van der Waals surface area contributed by atoms with Crippen LogP contribution in [0, 0.1) is 5.92 Å². The normalized spacial score (nSPS) is 21.4. The van der Waals surface area contributed by atoms with E-state index < -0.39 is 0 Å². The Kier molecular flexibility index (Phi) is 5.10. The van der Waals surface area contributed by atoms with Crippen molar-refractivity contribution < 1.29 is 4.74 Å². The number of thioether (sulfide) groups is 1. The van der Waals surface area contributed by atoms with Gasteiger partial charge in [0.25, 0.3) is 0 Å². The minimum Gasteiger partial charge on any atom is -0.381 e. The molecule has 1 aliphatic rings. The molecule has 0 amide bonds. The van der Waals surface area contributed by atoms with E-state index in [9.17, 15) is 0 Å². The Labute approximate surface area is 114 Å². The van der Waals surface area contributed by atoms with Crippen molar-refractivity contribution in [1.29, 1.82) is 0 Å². The first-order chi connectivity index (χ1) is 8.66. The van der Waals surface area contributed by atoms with Gasteiger partial charge in [-0.3, -0.25) is 0 Å². The molecule has 1 heterocycles. The third-order valence-corrected chi connectivity index (χ3v) is 4.72. The van der Waals surface area contributed by atoms with Crippen molar-refractivity contribution in [3.63, 3.8) is 0 Å². The fourth-order valence-corrected chi connectivity index (χ4v) is 3.15. The lowest BCUT2D eigenvalue weighted by molar-refractivity contribution is 0.182. The van der Waals surface area contributed by atoms with Gasteiger partial charge < -0.3 is 10.5 Å². The summed E-state index contributed by atoms with van der Waals surface area (Å²) in [5, 5.41) is 0. The maximum Gasteiger partial charge on any atom is 0.0510 e. The van der Waals surface area contributed by atoms with Gasteiger partial charge in [0.2, 0.25) is 0 Å². The average molecular weight is 265 g/mol. The van der Waals surface area contributed by atoms with Crippen LogP contribution in [0.5, 0.6) is 0 Å². The van der Waals surface area contributed by atoms with Gasteiger partial charge >= 0.3 is 0 Å². The molecule has 0 aliphatic carbocycles. The Bertz CT molecular complexity index is 357. The Morgan fingerprint density at radius 2 is 2.06 bits per heavy atom. The summed E-state index contributed by atoms with van der Waals surface area (Å²) in [6, 6.07) is 9.10. The summed E-state index contributed by atoms with van der Waals surface area (Å²) < 4.78 is 5.38. The van der Waals surface area contributed by atoms with E-state index in [0.29, 0.717) is 11.8 Å². The molecule has 2 N–H and O–H groups in total. The quantitative estimate of drug-likeness (QED) is 0.830. The molecule has 0 aromatic heterocycles. The molecule has 1 aliphatic heterocycles. The van der Waals surface area contributed by atoms with Crippen LogP contribution in [0.3, 0.4) is 0 Å². The van der Waals surface area contributed by atoms with Crippen LogP contribution in [0.1, 0.15) is 31.7 Å². The van der Waals surface area contributed by atoms with Gasteiger partial charge in [0.15, 0.2) is 0 Å². The fourth-order valence-electron chi connectivity index (χ4n) is 2.17. The van der Waals surface area contributed by atoms with E-state index in [1.165, 1.54) is 10.5 Å². The number of hydrogen-bond donors (Lipinski definition) is 1. The fraction of sp³-hybridized carbons (Fsp3) is 0.600. The summed E-state index contributed by atoms with van der Waals surface area (Å²) in [6.45, 7) is 6.16. The minimum absolute atomic E-state index is 0.252. The molecule has 1 fully saturated rings. The molecule has 1 aromatic rings. The second-order valence-electron chi connectivity index (χ2n) is 5.32. The molecule has 0 bridgehead atoms. The van der Waals surface area contributed by atoms with Crippen LogP contribution in [-0.4, -0.2) is 25.0 Å². The molecule has 2 rings (SSSR count). The van der Waals surface area contributed by atoms with Crippen molar-refractivity contribution in [3.8, 4) is 0 Å². The third-order valence-electron chi connectivity index (χ3n) is 3.56. The Morgan fingerprint density at radius 3 is 2.61 bits per heavy atom. The number of nitrogens with two attached hydrogens (primary N) is 1. The van der Waals surface area contributed by atoms with Gasteiger partial charge in [-0.15, -0.1) is 11.8 Å². The molecule has 0 radical (unpaired) electrons. The average Bonchev–Trinajstić information content (AvgIpc) is 2.90. The molecule has 0 saturated carbocycles. The topological polar surface area (TPSA) is 35.2 Å². The number of hydrogen-bond acceptors (Lipinski definition) is 3.